The van der Waals surface area contributed by atoms with Crippen molar-refractivity contribution >= 4 is 11.4 Å². The molecule has 0 saturated carbocycles. The molecule has 1 aliphatic heterocycles. The van der Waals surface area contributed by atoms with Crippen LogP contribution in [0.5, 0.6) is 0 Å². The smallest absolute Gasteiger partial charge is 0.214 e. The molecular formula is C41H60N2. The van der Waals surface area contributed by atoms with Gasteiger partial charge in [-0.25, -0.2) is 4.70 Å². The van der Waals surface area contributed by atoms with E-state index in [1.54, 1.807) is 0 Å². The predicted molar refractivity (Wildman–Crippen MR) is 188 cm³/mol. The minimum absolute atomic E-state index is 0.873. The molecule has 0 N–H and O–H groups in total. The van der Waals surface area contributed by atoms with Gasteiger partial charge in [0.05, 0.1) is 5.57 Å². The Labute approximate surface area is 264 Å². The molecule has 43 heavy (non-hydrogen) atoms. The molecule has 2 nitrogen and oxygen atoms in total. The van der Waals surface area contributed by atoms with Crippen molar-refractivity contribution in [3.63, 3.8) is 0 Å². The largest absolute Gasteiger partial charge is 0.493 e. The summed E-state index contributed by atoms with van der Waals surface area (Å²) >= 11 is 0. The summed E-state index contributed by atoms with van der Waals surface area (Å²) in [5, 5.41) is 0. The Morgan fingerprint density at radius 3 is 1.65 bits per heavy atom. The zero-order chi connectivity index (χ0) is 30.5. The van der Waals surface area contributed by atoms with Crippen LogP contribution in [0.1, 0.15) is 159 Å². The standard InChI is InChI=1S/C41H60N2/c1-4-7-10-11-12-13-14-15-16-17-18-19-22-29-39-34-40(37-30-23-27-35(32-37)25-20-8-5-2)43(42)41(39)38-31-24-28-36(33-38)26-21-9-6-3/h22-24,27-34H,4-21,25-26H2,1-3H3. The molecule has 234 valence electrons. The number of benzene rings is 2. The first kappa shape index (κ1) is 34.7. The first-order valence-corrected chi connectivity index (χ1v) is 18.0. The Hall–Kier alpha value is -2.74. The van der Waals surface area contributed by atoms with Crippen LogP contribution in [0.15, 0.2) is 72.3 Å². The van der Waals surface area contributed by atoms with E-state index in [0.717, 1.165) is 47.4 Å². The molecular weight excluding hydrogens is 520 g/mol. The van der Waals surface area contributed by atoms with Gasteiger partial charge in [0.15, 0.2) is 0 Å². The van der Waals surface area contributed by atoms with Gasteiger partial charge in [-0.05, 0) is 73.9 Å². The van der Waals surface area contributed by atoms with Gasteiger partial charge < -0.3 is 5.53 Å². The molecule has 0 amide bonds. The molecule has 0 bridgehead atoms. The van der Waals surface area contributed by atoms with Crippen LogP contribution in [0.3, 0.4) is 0 Å². The summed E-state index contributed by atoms with van der Waals surface area (Å²) in [7, 11) is 0. The minimum atomic E-state index is 0.873. The van der Waals surface area contributed by atoms with Crippen LogP contribution >= 0.6 is 0 Å². The third-order valence-corrected chi connectivity index (χ3v) is 8.84. The summed E-state index contributed by atoms with van der Waals surface area (Å²) in [5.41, 5.74) is 19.4. The lowest BCUT2D eigenvalue weighted by Crippen LogP contribution is -2.03. The maximum atomic E-state index is 11.6. The van der Waals surface area contributed by atoms with Gasteiger partial charge >= 0.3 is 0 Å². The molecule has 0 atom stereocenters. The second-order valence-electron chi connectivity index (χ2n) is 12.7. The van der Waals surface area contributed by atoms with Gasteiger partial charge in [-0.2, -0.15) is 0 Å². The van der Waals surface area contributed by atoms with Crippen molar-refractivity contribution in [2.24, 2.45) is 0 Å². The van der Waals surface area contributed by atoms with E-state index in [2.05, 4.69) is 87.5 Å². The monoisotopic (exact) mass is 580 g/mol. The van der Waals surface area contributed by atoms with E-state index in [-0.39, 0.29) is 0 Å². The molecule has 0 radical (unpaired) electrons. The maximum Gasteiger partial charge on any atom is 0.214 e. The van der Waals surface area contributed by atoms with Gasteiger partial charge in [0, 0.05) is 17.2 Å². The third kappa shape index (κ3) is 12.4. The van der Waals surface area contributed by atoms with Gasteiger partial charge in [0.1, 0.15) is 0 Å². The molecule has 0 saturated heterocycles. The van der Waals surface area contributed by atoms with Crippen LogP contribution in [0.2, 0.25) is 0 Å². The van der Waals surface area contributed by atoms with Gasteiger partial charge in [-0.3, -0.25) is 0 Å². The van der Waals surface area contributed by atoms with Crippen molar-refractivity contribution in [3.8, 4) is 0 Å². The molecule has 2 aromatic carbocycles. The molecule has 2 aromatic rings. The van der Waals surface area contributed by atoms with Crippen molar-refractivity contribution in [2.75, 3.05) is 0 Å². The Kier molecular flexibility index (Phi) is 17.0. The van der Waals surface area contributed by atoms with E-state index in [0.29, 0.717) is 0 Å². The van der Waals surface area contributed by atoms with Crippen molar-refractivity contribution in [1.82, 2.24) is 0 Å². The number of hydrogen-bond acceptors (Lipinski definition) is 0. The number of aryl methyl sites for hydroxylation is 2. The fourth-order valence-corrected chi connectivity index (χ4v) is 6.20. The Morgan fingerprint density at radius 2 is 1.07 bits per heavy atom. The molecule has 1 heterocycles. The van der Waals surface area contributed by atoms with E-state index >= 15 is 0 Å². The topological polar surface area (TPSA) is 25.3 Å². The summed E-state index contributed by atoms with van der Waals surface area (Å²) in [6, 6.07) is 17.6. The number of hydrogen-bond donors (Lipinski definition) is 0. The number of unbranched alkanes of at least 4 members (excludes halogenated alkanes) is 15. The van der Waals surface area contributed by atoms with Gasteiger partial charge in [0.2, 0.25) is 11.4 Å². The lowest BCUT2D eigenvalue weighted by Gasteiger charge is -2.11. The third-order valence-electron chi connectivity index (χ3n) is 8.84. The summed E-state index contributed by atoms with van der Waals surface area (Å²) < 4.78 is 1.44. The van der Waals surface area contributed by atoms with Crippen LogP contribution in [-0.2, 0) is 12.8 Å². The molecule has 0 spiro atoms. The van der Waals surface area contributed by atoms with Crippen molar-refractivity contribution in [3.05, 3.63) is 100 Å². The Balaban J connectivity index is 1.65. The van der Waals surface area contributed by atoms with Gasteiger partial charge in [0.25, 0.3) is 0 Å². The SMILES string of the molecule is CCCCCCCCCCCCCC=CC1=C(c2cccc(CCCCC)c2)[N+](=[N-])C(c2cccc(CCCCC)c2)=C1. The number of nitrogens with zero attached hydrogens (tertiary/aromatic N) is 2. The second-order valence-corrected chi connectivity index (χ2v) is 12.7. The number of rotatable bonds is 23. The normalized spacial score (nSPS) is 13.5. The van der Waals surface area contributed by atoms with Crippen molar-refractivity contribution in [2.45, 2.75) is 149 Å². The second kappa shape index (κ2) is 21.0. The highest BCUT2D eigenvalue weighted by atomic mass is 15.2. The van der Waals surface area contributed by atoms with Crippen LogP contribution in [-0.4, -0.2) is 4.70 Å². The van der Waals surface area contributed by atoms with Crippen LogP contribution in [0.4, 0.5) is 0 Å². The summed E-state index contributed by atoms with van der Waals surface area (Å²) in [4.78, 5) is 0. The van der Waals surface area contributed by atoms with Crippen LogP contribution in [0.25, 0.3) is 16.9 Å². The highest BCUT2D eigenvalue weighted by molar-refractivity contribution is 5.80. The van der Waals surface area contributed by atoms with Crippen LogP contribution in [0, 0.1) is 0 Å². The molecule has 0 unspecified atom stereocenters. The first-order chi connectivity index (χ1) is 21.2. The first-order valence-electron chi connectivity index (χ1n) is 18.0. The van der Waals surface area contributed by atoms with Gasteiger partial charge in [-0.1, -0.05) is 147 Å². The van der Waals surface area contributed by atoms with E-state index in [9.17, 15) is 5.53 Å². The molecule has 0 fully saturated rings. The summed E-state index contributed by atoms with van der Waals surface area (Å²) in [6.45, 7) is 6.80. The average molecular weight is 581 g/mol. The Bertz CT molecular complexity index is 1180. The zero-order valence-electron chi connectivity index (χ0n) is 27.9. The summed E-state index contributed by atoms with van der Waals surface area (Å²) in [5.74, 6) is 0. The Morgan fingerprint density at radius 1 is 0.581 bits per heavy atom. The number of allylic oxidation sites excluding steroid dienone is 4. The quantitative estimate of drug-likeness (QED) is 0.0922. The van der Waals surface area contributed by atoms with E-state index in [1.807, 2.05) is 0 Å². The van der Waals surface area contributed by atoms with Gasteiger partial charge in [-0.15, -0.1) is 0 Å². The fourth-order valence-electron chi connectivity index (χ4n) is 6.20. The lowest BCUT2D eigenvalue weighted by molar-refractivity contribution is -0.344. The zero-order valence-corrected chi connectivity index (χ0v) is 27.9. The van der Waals surface area contributed by atoms with Crippen LogP contribution < -0.4 is 0 Å². The molecule has 0 aliphatic carbocycles. The molecule has 3 rings (SSSR count). The average Bonchev–Trinajstić information content (AvgIpc) is 3.35. The van der Waals surface area contributed by atoms with E-state index < -0.39 is 0 Å². The fraction of sp³-hybridized carbons (Fsp3) is 0.561. The molecule has 0 aromatic heterocycles. The predicted octanol–water partition coefficient (Wildman–Crippen LogP) is 13.2. The summed E-state index contributed by atoms with van der Waals surface area (Å²) in [6.07, 6.45) is 32.5. The highest BCUT2D eigenvalue weighted by Gasteiger charge is 2.28. The van der Waals surface area contributed by atoms with E-state index in [1.165, 1.54) is 125 Å². The molecule has 2 heteroatoms. The van der Waals surface area contributed by atoms with Crippen molar-refractivity contribution in [1.29, 1.82) is 0 Å². The molecule has 1 aliphatic rings. The van der Waals surface area contributed by atoms with Crippen molar-refractivity contribution < 1.29 is 4.70 Å². The van der Waals surface area contributed by atoms with E-state index in [4.69, 9.17) is 0 Å². The minimum Gasteiger partial charge on any atom is -0.493 e. The highest BCUT2D eigenvalue weighted by Crippen LogP contribution is 2.36. The maximum absolute atomic E-state index is 11.6. The lowest BCUT2D eigenvalue weighted by atomic mass is 10.0.